The van der Waals surface area contributed by atoms with E-state index < -0.39 is 5.97 Å². The lowest BCUT2D eigenvalue weighted by Crippen LogP contribution is -2.40. The molecule has 114 valence electrons. The predicted octanol–water partition coefficient (Wildman–Crippen LogP) is 1.51. The molecular weight excluding hydrogens is 290 g/mol. The number of nitrogens with zero attached hydrogens (tertiary/aromatic N) is 1. The molecule has 0 unspecified atom stereocenters. The Morgan fingerprint density at radius 3 is 2.76 bits per heavy atom. The van der Waals surface area contributed by atoms with Gasteiger partial charge < -0.3 is 14.7 Å². The largest absolute Gasteiger partial charge is 0.468 e. The van der Waals surface area contributed by atoms with Crippen LogP contribution < -0.4 is 0 Å². The van der Waals surface area contributed by atoms with Crippen molar-refractivity contribution in [2.75, 3.05) is 20.3 Å². The van der Waals surface area contributed by atoms with Gasteiger partial charge in [-0.05, 0) is 19.9 Å². The molecule has 6 heteroatoms. The summed E-state index contributed by atoms with van der Waals surface area (Å²) in [6.07, 6.45) is 0.404. The van der Waals surface area contributed by atoms with Crippen molar-refractivity contribution in [1.29, 1.82) is 0 Å². The number of rotatable bonds is 5. The zero-order valence-corrected chi connectivity index (χ0v) is 13.2. The molecular formula is C15H19NO4S. The van der Waals surface area contributed by atoms with Crippen LogP contribution in [0, 0.1) is 11.8 Å². The van der Waals surface area contributed by atoms with Crippen LogP contribution in [0.15, 0.2) is 11.4 Å². The van der Waals surface area contributed by atoms with Gasteiger partial charge in [0, 0.05) is 17.8 Å². The number of hydrogen-bond acceptors (Lipinski definition) is 5. The smallest absolute Gasteiger partial charge is 0.325 e. The van der Waals surface area contributed by atoms with E-state index in [4.69, 9.17) is 5.11 Å². The van der Waals surface area contributed by atoms with E-state index in [1.807, 2.05) is 13.8 Å². The molecule has 0 aliphatic heterocycles. The Morgan fingerprint density at radius 1 is 1.48 bits per heavy atom. The topological polar surface area (TPSA) is 66.8 Å². The van der Waals surface area contributed by atoms with Crippen molar-refractivity contribution in [2.24, 2.45) is 0 Å². The van der Waals surface area contributed by atoms with Crippen molar-refractivity contribution in [1.82, 2.24) is 4.90 Å². The van der Waals surface area contributed by atoms with Crippen LogP contribution in [0.5, 0.6) is 0 Å². The first-order valence-corrected chi connectivity index (χ1v) is 7.43. The number of thiophene rings is 1. The summed E-state index contributed by atoms with van der Waals surface area (Å²) in [6.45, 7) is 3.63. The Balaban J connectivity index is 2.85. The minimum absolute atomic E-state index is 0.0183. The van der Waals surface area contributed by atoms with Crippen molar-refractivity contribution in [3.8, 4) is 11.8 Å². The van der Waals surface area contributed by atoms with Gasteiger partial charge in [-0.25, -0.2) is 0 Å². The lowest BCUT2D eigenvalue weighted by atomic mass is 10.2. The van der Waals surface area contributed by atoms with E-state index in [0.29, 0.717) is 12.0 Å². The average molecular weight is 309 g/mol. The van der Waals surface area contributed by atoms with E-state index in [2.05, 4.69) is 16.6 Å². The standard InChI is InChI=1S/C15H19NO4S/c1-11(2)16(9-14(18)20-3)15(19)12-8-13(21-10-12)6-4-5-7-17/h8,10-11,17H,5,7,9H2,1-3H3. The molecule has 0 aromatic carbocycles. The Hall–Kier alpha value is -1.84. The third-order valence-electron chi connectivity index (χ3n) is 2.71. The SMILES string of the molecule is COC(=O)CN(C(=O)c1csc(C#CCCO)c1)C(C)C. The van der Waals surface area contributed by atoms with Gasteiger partial charge in [0.2, 0.25) is 0 Å². The number of amides is 1. The maximum absolute atomic E-state index is 12.4. The van der Waals surface area contributed by atoms with Crippen LogP contribution in [-0.2, 0) is 9.53 Å². The first-order valence-electron chi connectivity index (χ1n) is 6.55. The fraction of sp³-hybridized carbons (Fsp3) is 0.467. The first kappa shape index (κ1) is 17.2. The molecule has 5 nitrogen and oxygen atoms in total. The zero-order chi connectivity index (χ0) is 15.8. The van der Waals surface area contributed by atoms with Gasteiger partial charge >= 0.3 is 5.97 Å². The van der Waals surface area contributed by atoms with Gasteiger partial charge in [-0.1, -0.05) is 11.8 Å². The molecule has 1 N–H and O–H groups in total. The number of esters is 1. The van der Waals surface area contributed by atoms with Crippen LogP contribution in [-0.4, -0.2) is 48.2 Å². The molecule has 0 radical (unpaired) electrons. The van der Waals surface area contributed by atoms with Crippen molar-refractivity contribution in [3.05, 3.63) is 21.9 Å². The summed E-state index contributed by atoms with van der Waals surface area (Å²) in [4.78, 5) is 26.0. The van der Waals surface area contributed by atoms with Gasteiger partial charge in [0.15, 0.2) is 0 Å². The number of carbonyl (C=O) groups excluding carboxylic acids is 2. The number of ether oxygens (including phenoxy) is 1. The Bertz CT molecular complexity index is 554. The summed E-state index contributed by atoms with van der Waals surface area (Å²) in [5.41, 5.74) is 0.505. The van der Waals surface area contributed by atoms with Crippen LogP contribution in [0.25, 0.3) is 0 Å². The third-order valence-corrected chi connectivity index (χ3v) is 3.55. The highest BCUT2D eigenvalue weighted by molar-refractivity contribution is 7.10. The second kappa shape index (κ2) is 8.45. The maximum Gasteiger partial charge on any atom is 0.325 e. The van der Waals surface area contributed by atoms with Gasteiger partial charge in [-0.3, -0.25) is 9.59 Å². The predicted molar refractivity (Wildman–Crippen MR) is 81.1 cm³/mol. The van der Waals surface area contributed by atoms with Crippen LogP contribution in [0.3, 0.4) is 0 Å². The molecule has 0 spiro atoms. The first-order chi connectivity index (χ1) is 9.99. The minimum Gasteiger partial charge on any atom is -0.468 e. The quantitative estimate of drug-likeness (QED) is 0.661. The molecule has 1 amide bonds. The van der Waals surface area contributed by atoms with E-state index >= 15 is 0 Å². The Morgan fingerprint density at radius 2 is 2.19 bits per heavy atom. The van der Waals surface area contributed by atoms with E-state index in [0.717, 1.165) is 4.88 Å². The third kappa shape index (κ3) is 5.21. The fourth-order valence-electron chi connectivity index (χ4n) is 1.58. The lowest BCUT2D eigenvalue weighted by Gasteiger charge is -2.25. The number of hydrogen-bond donors (Lipinski definition) is 1. The van der Waals surface area contributed by atoms with E-state index in [1.54, 1.807) is 11.4 Å². The molecule has 1 aromatic rings. The van der Waals surface area contributed by atoms with Crippen molar-refractivity contribution < 1.29 is 19.4 Å². The Labute approximate surface area is 128 Å². The second-order valence-corrected chi connectivity index (χ2v) is 5.49. The number of aliphatic hydroxyl groups excluding tert-OH is 1. The highest BCUT2D eigenvalue weighted by atomic mass is 32.1. The minimum atomic E-state index is -0.449. The molecule has 0 atom stereocenters. The molecule has 1 aromatic heterocycles. The van der Waals surface area contributed by atoms with Crippen LogP contribution in [0.1, 0.15) is 35.5 Å². The highest BCUT2D eigenvalue weighted by Crippen LogP contribution is 2.17. The zero-order valence-electron chi connectivity index (χ0n) is 12.4. The van der Waals surface area contributed by atoms with Crippen LogP contribution >= 0.6 is 11.3 Å². The van der Waals surface area contributed by atoms with E-state index in [1.165, 1.54) is 23.3 Å². The summed E-state index contributed by atoms with van der Waals surface area (Å²) >= 11 is 1.36. The molecule has 21 heavy (non-hydrogen) atoms. The fourth-order valence-corrected chi connectivity index (χ4v) is 2.33. The molecule has 0 aliphatic rings. The maximum atomic E-state index is 12.4. The normalized spacial score (nSPS) is 9.95. The van der Waals surface area contributed by atoms with Crippen molar-refractivity contribution >= 4 is 23.2 Å². The van der Waals surface area contributed by atoms with Crippen molar-refractivity contribution in [3.63, 3.8) is 0 Å². The van der Waals surface area contributed by atoms with Crippen LogP contribution in [0.4, 0.5) is 0 Å². The van der Waals surface area contributed by atoms with Gasteiger partial charge in [0.05, 0.1) is 24.2 Å². The van der Waals surface area contributed by atoms with Crippen molar-refractivity contribution in [2.45, 2.75) is 26.3 Å². The van der Waals surface area contributed by atoms with Gasteiger partial charge in [0.1, 0.15) is 6.54 Å². The molecule has 0 aliphatic carbocycles. The average Bonchev–Trinajstić information content (AvgIpc) is 2.92. The van der Waals surface area contributed by atoms with E-state index in [-0.39, 0.29) is 25.1 Å². The molecule has 0 saturated heterocycles. The molecule has 0 saturated carbocycles. The number of methoxy groups -OCH3 is 1. The van der Waals surface area contributed by atoms with Crippen LogP contribution in [0.2, 0.25) is 0 Å². The summed E-state index contributed by atoms with van der Waals surface area (Å²) in [5, 5.41) is 10.4. The summed E-state index contributed by atoms with van der Waals surface area (Å²) in [6, 6.07) is 1.59. The van der Waals surface area contributed by atoms with Gasteiger partial charge in [-0.2, -0.15) is 0 Å². The number of aliphatic hydroxyl groups is 1. The molecule has 1 rings (SSSR count). The van der Waals surface area contributed by atoms with E-state index in [9.17, 15) is 9.59 Å². The number of carbonyl (C=O) groups is 2. The summed E-state index contributed by atoms with van der Waals surface area (Å²) < 4.78 is 4.61. The monoisotopic (exact) mass is 309 g/mol. The second-order valence-electron chi connectivity index (χ2n) is 4.58. The molecule has 0 bridgehead atoms. The Kier molecular flexibility index (Phi) is 6.92. The summed E-state index contributed by atoms with van der Waals surface area (Å²) in [7, 11) is 1.30. The molecule has 1 heterocycles. The lowest BCUT2D eigenvalue weighted by molar-refractivity contribution is -0.141. The highest BCUT2D eigenvalue weighted by Gasteiger charge is 2.22. The van der Waals surface area contributed by atoms with Gasteiger partial charge in [0.25, 0.3) is 5.91 Å². The van der Waals surface area contributed by atoms with Gasteiger partial charge in [-0.15, -0.1) is 11.3 Å². The molecule has 0 fully saturated rings. The summed E-state index contributed by atoms with van der Waals surface area (Å²) in [5.74, 6) is 5.03.